The van der Waals surface area contributed by atoms with Gasteiger partial charge in [0.25, 0.3) is 11.8 Å². The standard InChI is InChI=1S/C22H17I2N3O3/c1-13-4-2-3-5-18(13)22(30)26-17-8-6-14(7-9-17)21(29)27-25-12-15-10-16(23)11-19(24)20(15)28/h2-12,28H,1H3,(H,26,30)(H,27,29)/b25-12+. The smallest absolute Gasteiger partial charge is 0.271 e. The lowest BCUT2D eigenvalue weighted by atomic mass is 10.1. The molecule has 3 aromatic rings. The number of anilines is 1. The molecule has 0 fully saturated rings. The minimum atomic E-state index is -0.400. The summed E-state index contributed by atoms with van der Waals surface area (Å²) in [6.45, 7) is 1.87. The summed E-state index contributed by atoms with van der Waals surface area (Å²) in [4.78, 5) is 24.6. The number of hydrogen-bond acceptors (Lipinski definition) is 4. The van der Waals surface area contributed by atoms with Crippen molar-refractivity contribution in [3.63, 3.8) is 0 Å². The molecule has 6 nitrogen and oxygen atoms in total. The van der Waals surface area contributed by atoms with Crippen molar-refractivity contribution in [3.05, 3.63) is 90.1 Å². The van der Waals surface area contributed by atoms with Crippen molar-refractivity contribution in [1.82, 2.24) is 5.43 Å². The molecular formula is C22H17I2N3O3. The van der Waals surface area contributed by atoms with Gasteiger partial charge in [-0.25, -0.2) is 5.43 Å². The fourth-order valence-electron chi connectivity index (χ4n) is 2.64. The van der Waals surface area contributed by atoms with E-state index in [1.54, 1.807) is 36.4 Å². The molecule has 0 aliphatic rings. The Hall–Kier alpha value is -2.47. The number of halogens is 2. The summed E-state index contributed by atoms with van der Waals surface area (Å²) in [5.74, 6) is -0.493. The lowest BCUT2D eigenvalue weighted by Crippen LogP contribution is -2.18. The van der Waals surface area contributed by atoms with Gasteiger partial charge < -0.3 is 10.4 Å². The van der Waals surface area contributed by atoms with E-state index in [0.717, 1.165) is 9.13 Å². The highest BCUT2D eigenvalue weighted by Crippen LogP contribution is 2.25. The predicted molar refractivity (Wildman–Crippen MR) is 134 cm³/mol. The van der Waals surface area contributed by atoms with E-state index in [9.17, 15) is 14.7 Å². The van der Waals surface area contributed by atoms with Crippen LogP contribution in [0.2, 0.25) is 0 Å². The van der Waals surface area contributed by atoms with E-state index in [1.165, 1.54) is 6.21 Å². The Labute approximate surface area is 201 Å². The number of nitrogens with one attached hydrogen (secondary N) is 2. The number of hydrogen-bond donors (Lipinski definition) is 3. The number of carbonyl (C=O) groups is 2. The van der Waals surface area contributed by atoms with Crippen LogP contribution in [0.5, 0.6) is 5.75 Å². The van der Waals surface area contributed by atoms with Crippen molar-refractivity contribution in [3.8, 4) is 5.75 Å². The molecule has 0 heterocycles. The maximum absolute atomic E-state index is 12.4. The summed E-state index contributed by atoms with van der Waals surface area (Å²) in [6, 6.07) is 17.4. The number of rotatable bonds is 5. The van der Waals surface area contributed by atoms with Crippen molar-refractivity contribution >= 4 is 68.9 Å². The quantitative estimate of drug-likeness (QED) is 0.214. The summed E-state index contributed by atoms with van der Waals surface area (Å²) < 4.78 is 1.65. The van der Waals surface area contributed by atoms with Gasteiger partial charge in [0, 0.05) is 25.9 Å². The van der Waals surface area contributed by atoms with Gasteiger partial charge in [-0.2, -0.15) is 5.10 Å². The Bertz CT molecular complexity index is 1130. The van der Waals surface area contributed by atoms with Crippen LogP contribution >= 0.6 is 45.2 Å². The second-order valence-electron chi connectivity index (χ2n) is 6.37. The van der Waals surface area contributed by atoms with Crippen molar-refractivity contribution in [2.75, 3.05) is 5.32 Å². The van der Waals surface area contributed by atoms with Crippen LogP contribution < -0.4 is 10.7 Å². The molecule has 8 heteroatoms. The average Bonchev–Trinajstić information content (AvgIpc) is 2.72. The summed E-state index contributed by atoms with van der Waals surface area (Å²) >= 11 is 4.18. The van der Waals surface area contributed by atoms with Gasteiger partial charge in [0.2, 0.25) is 0 Å². The summed E-state index contributed by atoms with van der Waals surface area (Å²) in [7, 11) is 0. The first-order chi connectivity index (χ1) is 14.3. The van der Waals surface area contributed by atoms with E-state index in [4.69, 9.17) is 0 Å². The number of aromatic hydroxyl groups is 1. The molecule has 2 amide bonds. The lowest BCUT2D eigenvalue weighted by Gasteiger charge is -2.08. The van der Waals surface area contributed by atoms with E-state index >= 15 is 0 Å². The zero-order valence-electron chi connectivity index (χ0n) is 15.8. The number of aryl methyl sites for hydroxylation is 1. The van der Waals surface area contributed by atoms with Gasteiger partial charge in [-0.3, -0.25) is 9.59 Å². The highest BCUT2D eigenvalue weighted by atomic mass is 127. The van der Waals surface area contributed by atoms with Crippen LogP contribution in [0.25, 0.3) is 0 Å². The molecule has 0 saturated carbocycles. The minimum absolute atomic E-state index is 0.114. The van der Waals surface area contributed by atoms with Gasteiger partial charge in [-0.1, -0.05) is 18.2 Å². The number of carbonyl (C=O) groups excluding carboxylic acids is 2. The van der Waals surface area contributed by atoms with Gasteiger partial charge in [0.1, 0.15) is 5.75 Å². The Balaban J connectivity index is 1.63. The topological polar surface area (TPSA) is 90.8 Å². The highest BCUT2D eigenvalue weighted by molar-refractivity contribution is 14.1. The third-order valence-corrected chi connectivity index (χ3v) is 5.67. The van der Waals surface area contributed by atoms with Crippen LogP contribution in [-0.2, 0) is 0 Å². The van der Waals surface area contributed by atoms with Crippen molar-refractivity contribution in [2.45, 2.75) is 6.92 Å². The van der Waals surface area contributed by atoms with Gasteiger partial charge in [-0.05, 0) is 100 Å². The maximum Gasteiger partial charge on any atom is 0.271 e. The molecule has 0 atom stereocenters. The van der Waals surface area contributed by atoms with Crippen LogP contribution in [0.1, 0.15) is 31.8 Å². The Morgan fingerprint density at radius 3 is 2.40 bits per heavy atom. The van der Waals surface area contributed by atoms with Gasteiger partial charge in [0.05, 0.1) is 9.78 Å². The van der Waals surface area contributed by atoms with Crippen molar-refractivity contribution in [2.24, 2.45) is 5.10 Å². The van der Waals surface area contributed by atoms with E-state index < -0.39 is 5.91 Å². The van der Waals surface area contributed by atoms with Gasteiger partial charge >= 0.3 is 0 Å². The largest absolute Gasteiger partial charge is 0.506 e. The lowest BCUT2D eigenvalue weighted by molar-refractivity contribution is 0.0954. The second-order valence-corrected chi connectivity index (χ2v) is 8.78. The summed E-state index contributed by atoms with van der Waals surface area (Å²) in [6.07, 6.45) is 1.40. The number of amides is 2. The number of benzene rings is 3. The molecule has 3 N–H and O–H groups in total. The van der Waals surface area contributed by atoms with Gasteiger partial charge in [-0.15, -0.1) is 0 Å². The molecule has 3 rings (SSSR count). The third-order valence-electron chi connectivity index (χ3n) is 4.22. The van der Waals surface area contributed by atoms with Gasteiger partial charge in [0.15, 0.2) is 0 Å². The predicted octanol–water partition coefficient (Wildman–Crippen LogP) is 4.93. The zero-order valence-corrected chi connectivity index (χ0v) is 20.1. The molecule has 0 saturated heterocycles. The molecule has 3 aromatic carbocycles. The Morgan fingerprint density at radius 1 is 1.00 bits per heavy atom. The molecule has 30 heavy (non-hydrogen) atoms. The monoisotopic (exact) mass is 625 g/mol. The van der Waals surface area contributed by atoms with E-state index in [-0.39, 0.29) is 11.7 Å². The molecule has 0 aliphatic carbocycles. The van der Waals surface area contributed by atoms with Crippen LogP contribution in [0.15, 0.2) is 65.8 Å². The fraction of sp³-hybridized carbons (Fsp3) is 0.0455. The van der Waals surface area contributed by atoms with Crippen molar-refractivity contribution < 1.29 is 14.7 Å². The second kappa shape index (κ2) is 10.0. The number of phenols is 1. The SMILES string of the molecule is Cc1ccccc1C(=O)Nc1ccc(C(=O)N/N=C/c2cc(I)cc(I)c2O)cc1. The molecular weight excluding hydrogens is 608 g/mol. The normalized spacial score (nSPS) is 10.8. The molecule has 0 bridgehead atoms. The maximum atomic E-state index is 12.4. The number of nitrogens with zero attached hydrogens (tertiary/aromatic N) is 1. The summed E-state index contributed by atoms with van der Waals surface area (Å²) in [5.41, 5.74) is 5.41. The third kappa shape index (κ3) is 5.57. The van der Waals surface area contributed by atoms with Crippen LogP contribution in [0.3, 0.4) is 0 Å². The molecule has 0 spiro atoms. The minimum Gasteiger partial charge on any atom is -0.506 e. The molecule has 0 aromatic heterocycles. The number of hydrazone groups is 1. The highest BCUT2D eigenvalue weighted by Gasteiger charge is 2.10. The Morgan fingerprint density at radius 2 is 1.70 bits per heavy atom. The van der Waals surface area contributed by atoms with Crippen LogP contribution in [-0.4, -0.2) is 23.1 Å². The number of phenolic OH excluding ortho intramolecular Hbond substituents is 1. The van der Waals surface area contributed by atoms with Crippen molar-refractivity contribution in [1.29, 1.82) is 0 Å². The molecule has 0 radical (unpaired) electrons. The Kier molecular flexibility index (Phi) is 7.43. The average molecular weight is 625 g/mol. The molecule has 0 unspecified atom stereocenters. The van der Waals surface area contributed by atoms with Crippen LogP contribution in [0.4, 0.5) is 5.69 Å². The summed E-state index contributed by atoms with van der Waals surface area (Å²) in [5, 5.41) is 16.8. The first-order valence-electron chi connectivity index (χ1n) is 8.83. The molecule has 0 aliphatic heterocycles. The zero-order chi connectivity index (χ0) is 21.7. The first-order valence-corrected chi connectivity index (χ1v) is 11.0. The van der Waals surface area contributed by atoms with Crippen LogP contribution in [0, 0.1) is 14.1 Å². The van der Waals surface area contributed by atoms with E-state index in [2.05, 4.69) is 38.4 Å². The molecule has 152 valence electrons. The first kappa shape index (κ1) is 22.2. The fourth-order valence-corrected chi connectivity index (χ4v) is 4.53. The van der Waals surface area contributed by atoms with E-state index in [1.807, 2.05) is 53.8 Å². The van der Waals surface area contributed by atoms with E-state index in [0.29, 0.717) is 25.9 Å².